The van der Waals surface area contributed by atoms with Crippen LogP contribution in [-0.4, -0.2) is 30.8 Å². The Labute approximate surface area is 197 Å². The molecule has 0 amide bonds. The molecule has 0 saturated heterocycles. The molecule has 0 aromatic carbocycles. The van der Waals surface area contributed by atoms with E-state index in [1.54, 1.807) is 6.92 Å². The van der Waals surface area contributed by atoms with Crippen LogP contribution < -0.4 is 11.5 Å². The summed E-state index contributed by atoms with van der Waals surface area (Å²) in [7, 11) is 0. The highest BCUT2D eigenvalue weighted by atomic mass is 16.7. The summed E-state index contributed by atoms with van der Waals surface area (Å²) in [5.41, 5.74) is 11.0. The maximum Gasteiger partial charge on any atom is 0.309 e. The standard InChI is InChI=1S/C26H52N2O4/c1-3-26(2,31-24(29)20-16-12-8-4-6-10-14-18-22-27)32-25(30)21-17-13-9-5-7-11-15-19-23-28/h3-23,27-28H2,1-2H3. The predicted octanol–water partition coefficient (Wildman–Crippen LogP) is 6.14. The molecule has 190 valence electrons. The van der Waals surface area contributed by atoms with E-state index in [1.165, 1.54) is 51.4 Å². The molecule has 4 N–H and O–H groups in total. The number of hydrogen-bond donors (Lipinski definition) is 2. The van der Waals surface area contributed by atoms with Gasteiger partial charge in [0.2, 0.25) is 0 Å². The first-order valence-corrected chi connectivity index (χ1v) is 13.3. The highest BCUT2D eigenvalue weighted by Crippen LogP contribution is 2.21. The molecule has 0 spiro atoms. The molecule has 0 heterocycles. The topological polar surface area (TPSA) is 105 Å². The molecule has 0 rings (SSSR count). The van der Waals surface area contributed by atoms with Crippen molar-refractivity contribution in [3.8, 4) is 0 Å². The number of unbranched alkanes of at least 4 members (excludes halogenated alkanes) is 14. The average molecular weight is 457 g/mol. The Kier molecular flexibility index (Phi) is 20.9. The van der Waals surface area contributed by atoms with Crippen molar-refractivity contribution >= 4 is 11.9 Å². The summed E-state index contributed by atoms with van der Waals surface area (Å²) < 4.78 is 11.0. The first kappa shape index (κ1) is 30.9. The number of rotatable bonds is 23. The van der Waals surface area contributed by atoms with E-state index in [4.69, 9.17) is 20.9 Å². The average Bonchev–Trinajstić information content (AvgIpc) is 2.76. The van der Waals surface area contributed by atoms with E-state index in [0.29, 0.717) is 19.3 Å². The third-order valence-electron chi connectivity index (χ3n) is 5.97. The molecular weight excluding hydrogens is 404 g/mol. The summed E-state index contributed by atoms with van der Waals surface area (Å²) >= 11 is 0. The highest BCUT2D eigenvalue weighted by molar-refractivity contribution is 5.72. The van der Waals surface area contributed by atoms with Gasteiger partial charge in [-0.05, 0) is 38.8 Å². The first-order chi connectivity index (χ1) is 15.5. The molecule has 6 heteroatoms. The Morgan fingerprint density at radius 3 is 1.12 bits per heavy atom. The van der Waals surface area contributed by atoms with Gasteiger partial charge in [0.25, 0.3) is 5.79 Å². The van der Waals surface area contributed by atoms with Gasteiger partial charge in [-0.1, -0.05) is 84.0 Å². The van der Waals surface area contributed by atoms with Crippen molar-refractivity contribution in [2.45, 2.75) is 142 Å². The zero-order valence-electron chi connectivity index (χ0n) is 21.1. The molecule has 0 aliphatic rings. The second kappa shape index (κ2) is 21.7. The maximum atomic E-state index is 12.2. The maximum absolute atomic E-state index is 12.2. The molecule has 0 atom stereocenters. The number of esters is 2. The molecule has 0 unspecified atom stereocenters. The van der Waals surface area contributed by atoms with E-state index in [-0.39, 0.29) is 11.9 Å². The first-order valence-electron chi connectivity index (χ1n) is 13.3. The van der Waals surface area contributed by atoms with Crippen LogP contribution in [0.3, 0.4) is 0 Å². The minimum atomic E-state index is -1.15. The molecule has 0 aliphatic carbocycles. The fourth-order valence-electron chi connectivity index (χ4n) is 3.70. The van der Waals surface area contributed by atoms with Gasteiger partial charge >= 0.3 is 11.9 Å². The lowest BCUT2D eigenvalue weighted by atomic mass is 10.1. The molecular formula is C26H52N2O4. The smallest absolute Gasteiger partial charge is 0.309 e. The van der Waals surface area contributed by atoms with Crippen LogP contribution in [-0.2, 0) is 19.1 Å². The molecule has 0 aliphatic heterocycles. The van der Waals surface area contributed by atoms with Gasteiger partial charge < -0.3 is 20.9 Å². The zero-order chi connectivity index (χ0) is 23.9. The number of hydrogen-bond acceptors (Lipinski definition) is 6. The zero-order valence-corrected chi connectivity index (χ0v) is 21.1. The molecule has 0 bridgehead atoms. The summed E-state index contributed by atoms with van der Waals surface area (Å²) in [6, 6.07) is 0. The van der Waals surface area contributed by atoms with Crippen molar-refractivity contribution in [2.75, 3.05) is 13.1 Å². The van der Waals surface area contributed by atoms with E-state index >= 15 is 0 Å². The normalized spacial score (nSPS) is 11.5. The van der Waals surface area contributed by atoms with Crippen LogP contribution in [0, 0.1) is 0 Å². The minimum absolute atomic E-state index is 0.278. The largest absolute Gasteiger partial charge is 0.423 e. The van der Waals surface area contributed by atoms with Gasteiger partial charge in [-0.25, -0.2) is 0 Å². The highest BCUT2D eigenvalue weighted by Gasteiger charge is 2.30. The Morgan fingerprint density at radius 2 is 0.844 bits per heavy atom. The predicted molar refractivity (Wildman–Crippen MR) is 132 cm³/mol. The van der Waals surface area contributed by atoms with Crippen LogP contribution in [0.2, 0.25) is 0 Å². The van der Waals surface area contributed by atoms with Gasteiger partial charge in [-0.2, -0.15) is 0 Å². The van der Waals surface area contributed by atoms with Gasteiger partial charge in [0.1, 0.15) is 0 Å². The van der Waals surface area contributed by atoms with Gasteiger partial charge in [0.05, 0.1) is 0 Å². The van der Waals surface area contributed by atoms with Crippen LogP contribution in [0.4, 0.5) is 0 Å². The minimum Gasteiger partial charge on any atom is -0.423 e. The summed E-state index contributed by atoms with van der Waals surface area (Å²) in [4.78, 5) is 24.4. The van der Waals surface area contributed by atoms with Crippen molar-refractivity contribution < 1.29 is 19.1 Å². The Morgan fingerprint density at radius 1 is 0.562 bits per heavy atom. The molecule has 0 aromatic rings. The Bertz CT molecular complexity index is 421. The molecule has 0 fully saturated rings. The van der Waals surface area contributed by atoms with Crippen molar-refractivity contribution in [1.29, 1.82) is 0 Å². The van der Waals surface area contributed by atoms with Gasteiger partial charge in [-0.3, -0.25) is 9.59 Å². The van der Waals surface area contributed by atoms with Gasteiger partial charge in [-0.15, -0.1) is 0 Å². The second-order valence-electron chi connectivity index (χ2n) is 9.17. The number of nitrogens with two attached hydrogens (primary N) is 2. The number of carbonyl (C=O) groups excluding carboxylic acids is 2. The van der Waals surface area contributed by atoms with Crippen molar-refractivity contribution in [1.82, 2.24) is 0 Å². The van der Waals surface area contributed by atoms with E-state index in [1.807, 2.05) is 6.92 Å². The molecule has 6 nitrogen and oxygen atoms in total. The lowest BCUT2D eigenvalue weighted by molar-refractivity contribution is -0.223. The monoisotopic (exact) mass is 456 g/mol. The number of ether oxygens (including phenoxy) is 2. The molecule has 0 saturated carbocycles. The third kappa shape index (κ3) is 19.5. The summed E-state index contributed by atoms with van der Waals surface area (Å²) in [5.74, 6) is -1.71. The quantitative estimate of drug-likeness (QED) is 0.109. The second-order valence-corrected chi connectivity index (χ2v) is 9.17. The van der Waals surface area contributed by atoms with Crippen LogP contribution in [0.25, 0.3) is 0 Å². The fourth-order valence-corrected chi connectivity index (χ4v) is 3.70. The molecule has 0 aromatic heterocycles. The van der Waals surface area contributed by atoms with E-state index < -0.39 is 5.79 Å². The van der Waals surface area contributed by atoms with E-state index in [0.717, 1.165) is 64.5 Å². The summed E-state index contributed by atoms with van der Waals surface area (Å²) in [6.45, 7) is 5.12. The third-order valence-corrected chi connectivity index (χ3v) is 5.97. The number of carbonyl (C=O) groups is 2. The summed E-state index contributed by atoms with van der Waals surface area (Å²) in [6.07, 6.45) is 19.2. The van der Waals surface area contributed by atoms with Crippen LogP contribution in [0.1, 0.15) is 136 Å². The van der Waals surface area contributed by atoms with Crippen LogP contribution >= 0.6 is 0 Å². The summed E-state index contributed by atoms with van der Waals surface area (Å²) in [5, 5.41) is 0. The lowest BCUT2D eigenvalue weighted by Gasteiger charge is -2.28. The van der Waals surface area contributed by atoms with E-state index in [2.05, 4.69) is 0 Å². The van der Waals surface area contributed by atoms with Crippen molar-refractivity contribution in [3.63, 3.8) is 0 Å². The molecule has 32 heavy (non-hydrogen) atoms. The lowest BCUT2D eigenvalue weighted by Crippen LogP contribution is -2.36. The van der Waals surface area contributed by atoms with Crippen molar-refractivity contribution in [2.24, 2.45) is 11.5 Å². The van der Waals surface area contributed by atoms with Crippen LogP contribution in [0.15, 0.2) is 0 Å². The van der Waals surface area contributed by atoms with Gasteiger partial charge in [0.15, 0.2) is 0 Å². The van der Waals surface area contributed by atoms with E-state index in [9.17, 15) is 9.59 Å². The van der Waals surface area contributed by atoms with Crippen LogP contribution in [0.5, 0.6) is 0 Å². The molecule has 0 radical (unpaired) electrons. The SMILES string of the molecule is CCC(C)(OC(=O)CCCCCCCCCCN)OC(=O)CCCCCCCCCCN. The Hall–Kier alpha value is -1.14. The van der Waals surface area contributed by atoms with Gasteiger partial charge in [0, 0.05) is 26.2 Å². The fraction of sp³-hybridized carbons (Fsp3) is 0.923. The van der Waals surface area contributed by atoms with Crippen molar-refractivity contribution in [3.05, 3.63) is 0 Å². The Balaban J connectivity index is 3.83.